The molecule has 100 valence electrons. The van der Waals surface area contributed by atoms with E-state index in [2.05, 4.69) is 0 Å². The van der Waals surface area contributed by atoms with Crippen LogP contribution in [0.1, 0.15) is 33.6 Å². The molecular weight excluding hydrogens is 244 g/mol. The van der Waals surface area contributed by atoms with Crippen LogP contribution in [0, 0.1) is 0 Å². The van der Waals surface area contributed by atoms with E-state index in [-0.39, 0.29) is 24.3 Å². The molecule has 19 heavy (non-hydrogen) atoms. The van der Waals surface area contributed by atoms with Crippen molar-refractivity contribution in [3.05, 3.63) is 35.4 Å². The van der Waals surface area contributed by atoms with E-state index in [0.717, 1.165) is 0 Å². The molecule has 1 aromatic carbocycles. The van der Waals surface area contributed by atoms with Crippen LogP contribution in [0.2, 0.25) is 0 Å². The Morgan fingerprint density at radius 3 is 2.11 bits per heavy atom. The van der Waals surface area contributed by atoms with E-state index in [1.54, 1.807) is 38.4 Å². The number of carbonyl (C=O) groups excluding carboxylic acids is 3. The zero-order valence-corrected chi connectivity index (χ0v) is 11.0. The Morgan fingerprint density at radius 2 is 1.63 bits per heavy atom. The number of rotatable bonds is 4. The Hall–Kier alpha value is -2.17. The van der Waals surface area contributed by atoms with E-state index in [4.69, 9.17) is 0 Å². The first kappa shape index (κ1) is 13.3. The van der Waals surface area contributed by atoms with E-state index in [0.29, 0.717) is 24.0 Å². The summed E-state index contributed by atoms with van der Waals surface area (Å²) in [6.45, 7) is 0.284. The molecule has 3 amide bonds. The second-order valence-electron chi connectivity index (χ2n) is 4.70. The Balaban J connectivity index is 1.99. The second kappa shape index (κ2) is 5.22. The molecule has 2 rings (SSSR count). The maximum absolute atomic E-state index is 12.0. The van der Waals surface area contributed by atoms with Gasteiger partial charge in [0.15, 0.2) is 0 Å². The SMILES string of the molecule is CN(C)C(=O)CCCN1C(=O)c2ccccc2C1=O. The lowest BCUT2D eigenvalue weighted by Gasteiger charge is -2.14. The van der Waals surface area contributed by atoms with Gasteiger partial charge in [-0.25, -0.2) is 0 Å². The Morgan fingerprint density at radius 1 is 1.11 bits per heavy atom. The number of fused-ring (bicyclic) bond motifs is 1. The Kier molecular flexibility index (Phi) is 3.64. The molecule has 0 spiro atoms. The highest BCUT2D eigenvalue weighted by atomic mass is 16.2. The van der Waals surface area contributed by atoms with E-state index >= 15 is 0 Å². The lowest BCUT2D eigenvalue weighted by Crippen LogP contribution is -2.31. The molecule has 1 aromatic rings. The third-order valence-electron chi connectivity index (χ3n) is 3.15. The highest BCUT2D eigenvalue weighted by Crippen LogP contribution is 2.22. The van der Waals surface area contributed by atoms with Crippen LogP contribution in [-0.4, -0.2) is 48.2 Å². The van der Waals surface area contributed by atoms with Gasteiger partial charge < -0.3 is 4.90 Å². The van der Waals surface area contributed by atoms with Crippen molar-refractivity contribution >= 4 is 17.7 Å². The fraction of sp³-hybridized carbons (Fsp3) is 0.357. The van der Waals surface area contributed by atoms with Crippen LogP contribution in [0.5, 0.6) is 0 Å². The summed E-state index contributed by atoms with van der Waals surface area (Å²) in [6, 6.07) is 6.78. The summed E-state index contributed by atoms with van der Waals surface area (Å²) in [4.78, 5) is 38.2. The highest BCUT2D eigenvalue weighted by molar-refractivity contribution is 6.21. The van der Waals surface area contributed by atoms with Crippen LogP contribution in [0.4, 0.5) is 0 Å². The van der Waals surface area contributed by atoms with Gasteiger partial charge in [-0.15, -0.1) is 0 Å². The van der Waals surface area contributed by atoms with Gasteiger partial charge in [0.05, 0.1) is 11.1 Å². The minimum absolute atomic E-state index is 0.00314. The van der Waals surface area contributed by atoms with E-state index < -0.39 is 0 Å². The molecule has 0 saturated heterocycles. The summed E-state index contributed by atoms with van der Waals surface area (Å²) >= 11 is 0. The first-order valence-corrected chi connectivity index (χ1v) is 6.17. The van der Waals surface area contributed by atoms with Crippen molar-refractivity contribution in [2.75, 3.05) is 20.6 Å². The quantitative estimate of drug-likeness (QED) is 0.763. The Bertz CT molecular complexity index is 502. The van der Waals surface area contributed by atoms with Crippen molar-refractivity contribution in [2.45, 2.75) is 12.8 Å². The normalized spacial score (nSPS) is 13.7. The van der Waals surface area contributed by atoms with Gasteiger partial charge in [0.1, 0.15) is 0 Å². The van der Waals surface area contributed by atoms with Crippen LogP contribution in [0.15, 0.2) is 24.3 Å². The fourth-order valence-electron chi connectivity index (χ4n) is 2.05. The van der Waals surface area contributed by atoms with Gasteiger partial charge in [-0.1, -0.05) is 12.1 Å². The number of carbonyl (C=O) groups is 3. The zero-order chi connectivity index (χ0) is 14.0. The molecule has 0 aromatic heterocycles. The molecule has 1 heterocycles. The molecule has 0 saturated carbocycles. The summed E-state index contributed by atoms with van der Waals surface area (Å²) in [5.41, 5.74) is 0.901. The minimum Gasteiger partial charge on any atom is -0.349 e. The number of nitrogens with zero attached hydrogens (tertiary/aromatic N) is 2. The van der Waals surface area contributed by atoms with Crippen molar-refractivity contribution in [1.29, 1.82) is 0 Å². The third kappa shape index (κ3) is 2.50. The van der Waals surface area contributed by atoms with Gasteiger partial charge in [0.25, 0.3) is 11.8 Å². The summed E-state index contributed by atoms with van der Waals surface area (Å²) in [5, 5.41) is 0. The Labute approximate surface area is 111 Å². The monoisotopic (exact) mass is 260 g/mol. The van der Waals surface area contributed by atoms with Crippen molar-refractivity contribution in [2.24, 2.45) is 0 Å². The van der Waals surface area contributed by atoms with E-state index in [1.807, 2.05) is 0 Å². The number of hydrogen-bond donors (Lipinski definition) is 0. The number of benzene rings is 1. The maximum Gasteiger partial charge on any atom is 0.261 e. The molecule has 5 heteroatoms. The number of hydrogen-bond acceptors (Lipinski definition) is 3. The molecule has 0 bridgehead atoms. The highest BCUT2D eigenvalue weighted by Gasteiger charge is 2.34. The molecule has 0 fully saturated rings. The van der Waals surface area contributed by atoms with Crippen LogP contribution in [-0.2, 0) is 4.79 Å². The molecule has 0 aliphatic carbocycles. The summed E-state index contributed by atoms with van der Waals surface area (Å²) in [7, 11) is 3.37. The zero-order valence-electron chi connectivity index (χ0n) is 11.0. The fourth-order valence-corrected chi connectivity index (χ4v) is 2.05. The van der Waals surface area contributed by atoms with Crippen molar-refractivity contribution in [3.63, 3.8) is 0 Å². The lowest BCUT2D eigenvalue weighted by atomic mass is 10.1. The predicted octanol–water partition coefficient (Wildman–Crippen LogP) is 1.15. The molecule has 1 aliphatic rings. The molecule has 0 unspecified atom stereocenters. The van der Waals surface area contributed by atoms with Crippen LogP contribution < -0.4 is 0 Å². The van der Waals surface area contributed by atoms with E-state index in [1.165, 1.54) is 9.80 Å². The third-order valence-corrected chi connectivity index (χ3v) is 3.15. The van der Waals surface area contributed by atoms with Crippen molar-refractivity contribution in [3.8, 4) is 0 Å². The van der Waals surface area contributed by atoms with Crippen LogP contribution in [0.3, 0.4) is 0 Å². The van der Waals surface area contributed by atoms with Gasteiger partial charge in [0, 0.05) is 27.1 Å². The van der Waals surface area contributed by atoms with Gasteiger partial charge in [0.2, 0.25) is 5.91 Å². The van der Waals surface area contributed by atoms with Crippen molar-refractivity contribution < 1.29 is 14.4 Å². The van der Waals surface area contributed by atoms with Crippen LogP contribution >= 0.6 is 0 Å². The molecule has 5 nitrogen and oxygen atoms in total. The summed E-state index contributed by atoms with van der Waals surface area (Å²) in [5.74, 6) is -0.535. The van der Waals surface area contributed by atoms with Gasteiger partial charge in [-0.05, 0) is 18.6 Å². The first-order valence-electron chi connectivity index (χ1n) is 6.17. The van der Waals surface area contributed by atoms with Gasteiger partial charge >= 0.3 is 0 Å². The standard InChI is InChI=1S/C14H16N2O3/c1-15(2)12(17)8-5-9-16-13(18)10-6-3-4-7-11(10)14(16)19/h3-4,6-7H,5,8-9H2,1-2H3. The lowest BCUT2D eigenvalue weighted by molar-refractivity contribution is -0.128. The largest absolute Gasteiger partial charge is 0.349 e. The molecule has 0 radical (unpaired) electrons. The predicted molar refractivity (Wildman–Crippen MR) is 69.7 cm³/mol. The number of amides is 3. The maximum atomic E-state index is 12.0. The summed E-state index contributed by atoms with van der Waals surface area (Å²) < 4.78 is 0. The topological polar surface area (TPSA) is 57.7 Å². The second-order valence-corrected chi connectivity index (χ2v) is 4.70. The first-order chi connectivity index (χ1) is 9.02. The van der Waals surface area contributed by atoms with E-state index in [9.17, 15) is 14.4 Å². The minimum atomic E-state index is -0.266. The smallest absolute Gasteiger partial charge is 0.261 e. The average Bonchev–Trinajstić information content (AvgIpc) is 2.64. The average molecular weight is 260 g/mol. The van der Waals surface area contributed by atoms with Crippen LogP contribution in [0.25, 0.3) is 0 Å². The molecule has 1 aliphatic heterocycles. The van der Waals surface area contributed by atoms with Gasteiger partial charge in [-0.3, -0.25) is 19.3 Å². The summed E-state index contributed by atoms with van der Waals surface area (Å²) in [6.07, 6.45) is 0.822. The number of imide groups is 1. The van der Waals surface area contributed by atoms with Crippen molar-refractivity contribution in [1.82, 2.24) is 9.80 Å². The molecule has 0 N–H and O–H groups in total. The molecular formula is C14H16N2O3. The molecule has 0 atom stereocenters. The van der Waals surface area contributed by atoms with Gasteiger partial charge in [-0.2, -0.15) is 0 Å².